The van der Waals surface area contributed by atoms with Crippen LogP contribution < -0.4 is 10.6 Å². The average molecular weight is 296 g/mol. The van der Waals surface area contributed by atoms with Gasteiger partial charge in [0.2, 0.25) is 5.95 Å². The summed E-state index contributed by atoms with van der Waals surface area (Å²) in [5.74, 6) is -0.570. The topological polar surface area (TPSA) is 111 Å². The number of rotatable bonds is 6. The maximum Gasteiger partial charge on any atom is 0.433 e. The molecule has 0 unspecified atom stereocenters. The molecule has 5 N–H and O–H groups in total. The maximum atomic E-state index is 12.7. The molecule has 0 atom stereocenters. The van der Waals surface area contributed by atoms with Gasteiger partial charge in [0, 0.05) is 13.1 Å². The Bertz CT molecular complexity index is 444. The van der Waals surface area contributed by atoms with Gasteiger partial charge in [-0.3, -0.25) is 0 Å². The van der Waals surface area contributed by atoms with E-state index < -0.39 is 37.2 Å². The van der Waals surface area contributed by atoms with Gasteiger partial charge in [-0.2, -0.15) is 18.2 Å². The second-order valence-electron chi connectivity index (χ2n) is 4.09. The van der Waals surface area contributed by atoms with Gasteiger partial charge in [0.25, 0.3) is 0 Å². The molecule has 1 heterocycles. The molecule has 0 bridgehead atoms. The van der Waals surface area contributed by atoms with Crippen LogP contribution >= 0.6 is 0 Å². The first-order valence-electron chi connectivity index (χ1n) is 5.55. The number of aliphatic hydroxyl groups excluding tert-OH is 3. The Morgan fingerprint density at radius 2 is 1.65 bits per heavy atom. The number of nitrogens with one attached hydrogen (secondary N) is 2. The zero-order valence-corrected chi connectivity index (χ0v) is 10.6. The predicted octanol–water partition coefficient (Wildman–Crippen LogP) is -0.335. The summed E-state index contributed by atoms with van der Waals surface area (Å²) in [6.07, 6.45) is -4.68. The first-order chi connectivity index (χ1) is 9.30. The molecule has 1 aromatic rings. The minimum absolute atomic E-state index is 0.283. The molecule has 1 aromatic heterocycles. The number of halogens is 3. The lowest BCUT2D eigenvalue weighted by molar-refractivity contribution is -0.141. The highest BCUT2D eigenvalue weighted by atomic mass is 19.4. The smallest absolute Gasteiger partial charge is 0.394 e. The van der Waals surface area contributed by atoms with Crippen LogP contribution in [0, 0.1) is 0 Å². The molecule has 7 nitrogen and oxygen atoms in total. The first kappa shape index (κ1) is 16.4. The van der Waals surface area contributed by atoms with Crippen LogP contribution in [0.2, 0.25) is 0 Å². The molecule has 0 amide bonds. The molecular weight excluding hydrogens is 281 g/mol. The molecule has 0 radical (unpaired) electrons. The van der Waals surface area contributed by atoms with Crippen molar-refractivity contribution in [3.05, 3.63) is 11.8 Å². The summed E-state index contributed by atoms with van der Waals surface area (Å²) in [5, 5.41) is 32.1. The van der Waals surface area contributed by atoms with Crippen molar-refractivity contribution in [3.8, 4) is 0 Å². The highest BCUT2D eigenvalue weighted by Gasteiger charge is 2.35. The average Bonchev–Trinajstić information content (AvgIpc) is 2.43. The van der Waals surface area contributed by atoms with E-state index in [1.54, 1.807) is 0 Å². The van der Waals surface area contributed by atoms with E-state index in [0.717, 1.165) is 0 Å². The van der Waals surface area contributed by atoms with Crippen molar-refractivity contribution >= 4 is 11.8 Å². The van der Waals surface area contributed by atoms with E-state index in [1.165, 1.54) is 7.05 Å². The van der Waals surface area contributed by atoms with Gasteiger partial charge < -0.3 is 26.0 Å². The van der Waals surface area contributed by atoms with Crippen molar-refractivity contribution < 1.29 is 28.5 Å². The Hall–Kier alpha value is -1.65. The number of alkyl halides is 3. The Morgan fingerprint density at radius 1 is 1.10 bits per heavy atom. The van der Waals surface area contributed by atoms with Crippen LogP contribution in [0.1, 0.15) is 5.69 Å². The van der Waals surface area contributed by atoms with Crippen LogP contribution in [0.5, 0.6) is 0 Å². The van der Waals surface area contributed by atoms with Crippen molar-refractivity contribution in [1.29, 1.82) is 0 Å². The second kappa shape index (κ2) is 6.20. The largest absolute Gasteiger partial charge is 0.433 e. The number of hydrogen-bond acceptors (Lipinski definition) is 7. The van der Waals surface area contributed by atoms with Crippen molar-refractivity contribution in [3.63, 3.8) is 0 Å². The van der Waals surface area contributed by atoms with Gasteiger partial charge in [-0.25, -0.2) is 4.98 Å². The quantitative estimate of drug-likeness (QED) is 0.488. The van der Waals surface area contributed by atoms with Gasteiger partial charge in [0.05, 0.1) is 19.8 Å². The summed E-state index contributed by atoms with van der Waals surface area (Å²) in [5.41, 5.74) is -2.77. The van der Waals surface area contributed by atoms with E-state index in [-0.39, 0.29) is 11.8 Å². The minimum atomic E-state index is -4.68. The Labute approximate surface area is 112 Å². The molecule has 20 heavy (non-hydrogen) atoms. The molecule has 1 rings (SSSR count). The molecular formula is C10H15F3N4O3. The fourth-order valence-corrected chi connectivity index (χ4v) is 1.31. The third-order valence-electron chi connectivity index (χ3n) is 2.54. The molecule has 0 fully saturated rings. The number of anilines is 2. The fourth-order valence-electron chi connectivity index (χ4n) is 1.31. The fraction of sp³-hybridized carbons (Fsp3) is 0.600. The highest BCUT2D eigenvalue weighted by molar-refractivity contribution is 5.45. The first-order valence-corrected chi connectivity index (χ1v) is 5.55. The van der Waals surface area contributed by atoms with Crippen molar-refractivity contribution in [2.45, 2.75) is 11.7 Å². The third-order valence-corrected chi connectivity index (χ3v) is 2.54. The highest BCUT2D eigenvalue weighted by Crippen LogP contribution is 2.30. The molecule has 0 aliphatic carbocycles. The molecule has 0 aromatic carbocycles. The molecule has 10 heteroatoms. The van der Waals surface area contributed by atoms with E-state index >= 15 is 0 Å². The number of nitrogens with zero attached hydrogens (tertiary/aromatic N) is 2. The summed E-state index contributed by atoms with van der Waals surface area (Å²) >= 11 is 0. The van der Waals surface area contributed by atoms with Gasteiger partial charge in [-0.15, -0.1) is 0 Å². The lowest BCUT2D eigenvalue weighted by Gasteiger charge is -2.29. The van der Waals surface area contributed by atoms with Crippen LogP contribution in [0.25, 0.3) is 0 Å². The zero-order valence-electron chi connectivity index (χ0n) is 10.6. The van der Waals surface area contributed by atoms with Crippen LogP contribution in [0.3, 0.4) is 0 Å². The van der Waals surface area contributed by atoms with Crippen LogP contribution in [-0.2, 0) is 6.18 Å². The van der Waals surface area contributed by atoms with Crippen molar-refractivity contribution in [2.75, 3.05) is 37.5 Å². The number of aliphatic hydroxyl groups is 3. The summed E-state index contributed by atoms with van der Waals surface area (Å²) in [4.78, 5) is 6.98. The predicted molar refractivity (Wildman–Crippen MR) is 64.2 cm³/mol. The van der Waals surface area contributed by atoms with E-state index in [9.17, 15) is 13.2 Å². The molecule has 0 aliphatic heterocycles. The molecule has 0 spiro atoms. The summed E-state index contributed by atoms with van der Waals surface area (Å²) < 4.78 is 38.0. The van der Waals surface area contributed by atoms with Gasteiger partial charge in [0.15, 0.2) is 5.69 Å². The minimum Gasteiger partial charge on any atom is -0.394 e. The number of aromatic nitrogens is 2. The summed E-state index contributed by atoms with van der Waals surface area (Å²) in [6.45, 7) is -2.08. The standard InChI is InChI=1S/C10H15F3N4O3/c1-14-8-15-6(10(11,12)13)2-7(16-8)17-9(3-18,4-19)5-20/h2,18-20H,3-5H2,1H3,(H2,14,15,16,17). The lowest BCUT2D eigenvalue weighted by atomic mass is 10.0. The summed E-state index contributed by atoms with van der Waals surface area (Å²) in [7, 11) is 1.34. The normalized spacial score (nSPS) is 12.3. The van der Waals surface area contributed by atoms with Crippen LogP contribution in [-0.4, -0.2) is 57.7 Å². The molecule has 0 saturated heterocycles. The van der Waals surface area contributed by atoms with Crippen molar-refractivity contribution in [2.24, 2.45) is 0 Å². The van der Waals surface area contributed by atoms with Gasteiger partial charge >= 0.3 is 6.18 Å². The molecule has 0 aliphatic rings. The van der Waals surface area contributed by atoms with E-state index in [2.05, 4.69) is 20.6 Å². The summed E-state index contributed by atoms with van der Waals surface area (Å²) in [6, 6.07) is 0.622. The second-order valence-corrected chi connectivity index (χ2v) is 4.09. The SMILES string of the molecule is CNc1nc(NC(CO)(CO)CO)cc(C(F)(F)F)n1. The van der Waals surface area contributed by atoms with Crippen molar-refractivity contribution in [1.82, 2.24) is 9.97 Å². The Kier molecular flexibility index (Phi) is 5.09. The lowest BCUT2D eigenvalue weighted by Crippen LogP contribution is -2.49. The monoisotopic (exact) mass is 296 g/mol. The Morgan fingerprint density at radius 3 is 2.05 bits per heavy atom. The third kappa shape index (κ3) is 3.68. The molecule has 0 saturated carbocycles. The van der Waals surface area contributed by atoms with Crippen LogP contribution in [0.4, 0.5) is 24.9 Å². The van der Waals surface area contributed by atoms with Gasteiger partial charge in [-0.1, -0.05) is 0 Å². The number of hydrogen-bond donors (Lipinski definition) is 5. The van der Waals surface area contributed by atoms with E-state index in [1.807, 2.05) is 0 Å². The van der Waals surface area contributed by atoms with Crippen LogP contribution in [0.15, 0.2) is 6.07 Å². The van der Waals surface area contributed by atoms with Gasteiger partial charge in [-0.05, 0) is 0 Å². The maximum absolute atomic E-state index is 12.7. The van der Waals surface area contributed by atoms with E-state index in [4.69, 9.17) is 15.3 Å². The van der Waals surface area contributed by atoms with E-state index in [0.29, 0.717) is 6.07 Å². The zero-order chi connectivity index (χ0) is 15.4. The Balaban J connectivity index is 3.18. The van der Waals surface area contributed by atoms with Gasteiger partial charge in [0.1, 0.15) is 11.4 Å². The molecule has 114 valence electrons.